The van der Waals surface area contributed by atoms with Gasteiger partial charge in [0.2, 0.25) is 5.69 Å². The van der Waals surface area contributed by atoms with Crippen molar-refractivity contribution in [2.75, 3.05) is 7.11 Å². The first-order valence-corrected chi connectivity index (χ1v) is 13.0. The fourth-order valence-electron chi connectivity index (χ4n) is 4.84. The molecule has 1 aliphatic rings. The van der Waals surface area contributed by atoms with Gasteiger partial charge in [-0.15, -0.1) is 4.68 Å². The van der Waals surface area contributed by atoms with E-state index < -0.39 is 17.9 Å². The highest BCUT2D eigenvalue weighted by Gasteiger charge is 2.41. The van der Waals surface area contributed by atoms with E-state index in [1.165, 1.54) is 31.8 Å². The van der Waals surface area contributed by atoms with Crippen molar-refractivity contribution in [2.24, 2.45) is 13.0 Å². The lowest BCUT2D eigenvalue weighted by Gasteiger charge is -2.19. The molecule has 6 rings (SSSR count). The molecular formula is C26H24ClF3N9O2+. The highest BCUT2D eigenvalue weighted by Crippen LogP contribution is 2.41. The van der Waals surface area contributed by atoms with Crippen molar-refractivity contribution in [3.05, 3.63) is 77.0 Å². The number of aromatic nitrogens is 9. The predicted molar refractivity (Wildman–Crippen MR) is 139 cm³/mol. The summed E-state index contributed by atoms with van der Waals surface area (Å²) < 4.78 is 50.7. The molecule has 0 unspecified atom stereocenters. The second-order valence-corrected chi connectivity index (χ2v) is 10.3. The molecule has 11 nitrogen and oxygen atoms in total. The number of benzene rings is 1. The molecule has 0 aliphatic heterocycles. The molecule has 1 aromatic carbocycles. The number of alkyl halides is 3. The summed E-state index contributed by atoms with van der Waals surface area (Å²) in [4.78, 5) is 4.28. The molecule has 5 aromatic rings. The monoisotopic (exact) mass is 586 g/mol. The van der Waals surface area contributed by atoms with Crippen molar-refractivity contribution in [3.8, 4) is 34.0 Å². The Morgan fingerprint density at radius 1 is 1.20 bits per heavy atom. The van der Waals surface area contributed by atoms with E-state index in [0.717, 1.165) is 34.0 Å². The number of nitrogens with zero attached hydrogens (tertiary/aromatic N) is 8. The molecule has 4 aromatic heterocycles. The topological polar surface area (TPSA) is 117 Å². The van der Waals surface area contributed by atoms with E-state index in [1.807, 2.05) is 6.20 Å². The number of halogens is 4. The van der Waals surface area contributed by atoms with Crippen LogP contribution in [0.1, 0.15) is 36.7 Å². The molecule has 1 aliphatic carbocycles. The van der Waals surface area contributed by atoms with Gasteiger partial charge in [-0.1, -0.05) is 29.7 Å². The average molecular weight is 587 g/mol. The maximum absolute atomic E-state index is 13.6. The van der Waals surface area contributed by atoms with Gasteiger partial charge in [0.1, 0.15) is 18.1 Å². The van der Waals surface area contributed by atoms with E-state index in [9.17, 15) is 18.4 Å². The van der Waals surface area contributed by atoms with Gasteiger partial charge in [-0.05, 0) is 30.5 Å². The molecule has 1 atom stereocenters. The van der Waals surface area contributed by atoms with Gasteiger partial charge in [0.15, 0.2) is 23.9 Å². The molecule has 0 spiro atoms. The van der Waals surface area contributed by atoms with E-state index >= 15 is 0 Å². The van der Waals surface area contributed by atoms with Crippen molar-refractivity contribution >= 4 is 11.6 Å². The molecule has 212 valence electrons. The highest BCUT2D eigenvalue weighted by molar-refractivity contribution is 6.31. The van der Waals surface area contributed by atoms with Gasteiger partial charge in [-0.3, -0.25) is 4.68 Å². The van der Waals surface area contributed by atoms with Crippen LogP contribution in [0.4, 0.5) is 13.2 Å². The smallest absolute Gasteiger partial charge is 0.464 e. The fraction of sp³-hybridized carbons (Fsp3) is 0.308. The molecule has 0 amide bonds. The number of rotatable bonds is 8. The lowest BCUT2D eigenvalue weighted by atomic mass is 10.0. The Labute approximate surface area is 236 Å². The van der Waals surface area contributed by atoms with Crippen molar-refractivity contribution in [1.82, 2.24) is 34.9 Å². The number of pyridine rings is 1. The first-order chi connectivity index (χ1) is 19.6. The van der Waals surface area contributed by atoms with Gasteiger partial charge in [0.05, 0.1) is 35.6 Å². The SMILES string of the molecule is COc1cc([C@H](CC2CC2)n2cc(-c3ncnn3C)cn2)[n+]([O-])cc1-c1cc(Cl)ccc1-[n+]1cc(C(F)(F)F)n[nH]1. The minimum absolute atomic E-state index is 0.290. The second-order valence-electron chi connectivity index (χ2n) is 9.87. The van der Waals surface area contributed by atoms with Crippen LogP contribution in [0.5, 0.6) is 5.75 Å². The largest absolute Gasteiger partial charge is 0.618 e. The van der Waals surface area contributed by atoms with Crippen LogP contribution in [0.3, 0.4) is 0 Å². The fourth-order valence-corrected chi connectivity index (χ4v) is 5.01. The van der Waals surface area contributed by atoms with Crippen LogP contribution in [0, 0.1) is 11.1 Å². The molecule has 0 radical (unpaired) electrons. The molecule has 1 saturated carbocycles. The Morgan fingerprint density at radius 3 is 2.66 bits per heavy atom. The first-order valence-electron chi connectivity index (χ1n) is 12.7. The quantitative estimate of drug-likeness (QED) is 0.217. The zero-order valence-electron chi connectivity index (χ0n) is 21.9. The normalized spacial score (nSPS) is 14.4. The van der Waals surface area contributed by atoms with Crippen molar-refractivity contribution in [3.63, 3.8) is 0 Å². The van der Waals surface area contributed by atoms with Gasteiger partial charge in [-0.25, -0.2) is 9.67 Å². The number of hydrogen-bond acceptors (Lipinski definition) is 6. The van der Waals surface area contributed by atoms with Crippen molar-refractivity contribution in [2.45, 2.75) is 31.5 Å². The van der Waals surface area contributed by atoms with E-state index in [0.29, 0.717) is 51.4 Å². The van der Waals surface area contributed by atoms with Crippen LogP contribution >= 0.6 is 11.6 Å². The van der Waals surface area contributed by atoms with Gasteiger partial charge in [-0.2, -0.15) is 28.1 Å². The van der Waals surface area contributed by atoms with Gasteiger partial charge >= 0.3 is 11.9 Å². The third kappa shape index (κ3) is 5.22. The number of aryl methyl sites for hydroxylation is 1. The number of methoxy groups -OCH3 is 1. The number of aromatic amines is 1. The van der Waals surface area contributed by atoms with E-state index in [4.69, 9.17) is 16.3 Å². The first kappa shape index (κ1) is 26.7. The van der Waals surface area contributed by atoms with Crippen LogP contribution in [0.25, 0.3) is 28.2 Å². The molecule has 15 heteroatoms. The summed E-state index contributed by atoms with van der Waals surface area (Å²) in [6, 6.07) is 5.86. The molecule has 0 bridgehead atoms. The number of nitrogens with one attached hydrogen (secondary N) is 1. The Kier molecular flexibility index (Phi) is 6.64. The molecule has 1 N–H and O–H groups in total. The van der Waals surface area contributed by atoms with Crippen molar-refractivity contribution < 1.29 is 27.3 Å². The minimum atomic E-state index is -4.64. The summed E-state index contributed by atoms with van der Waals surface area (Å²) in [5.74, 6) is 1.43. The zero-order valence-corrected chi connectivity index (χ0v) is 22.6. The van der Waals surface area contributed by atoms with Crippen molar-refractivity contribution in [1.29, 1.82) is 0 Å². The lowest BCUT2D eigenvalue weighted by molar-refractivity contribution is -0.659. The molecule has 4 heterocycles. The van der Waals surface area contributed by atoms with E-state index in [2.05, 4.69) is 25.5 Å². The third-order valence-electron chi connectivity index (χ3n) is 7.08. The Hall–Kier alpha value is -4.46. The molecule has 1 fully saturated rings. The van der Waals surface area contributed by atoms with Crippen LogP contribution in [0.2, 0.25) is 5.02 Å². The summed E-state index contributed by atoms with van der Waals surface area (Å²) >= 11 is 6.29. The second kappa shape index (κ2) is 10.2. The van der Waals surface area contributed by atoms with Crippen LogP contribution in [-0.4, -0.2) is 42.0 Å². The summed E-state index contributed by atoms with van der Waals surface area (Å²) in [5.41, 5.74) is 1.06. The summed E-state index contributed by atoms with van der Waals surface area (Å²) in [6.45, 7) is 0. The summed E-state index contributed by atoms with van der Waals surface area (Å²) in [7, 11) is 3.25. The summed E-state index contributed by atoms with van der Waals surface area (Å²) in [5, 5.41) is 28.4. The zero-order chi connectivity index (χ0) is 28.9. The molecule has 41 heavy (non-hydrogen) atoms. The average Bonchev–Trinajstić information content (AvgIpc) is 3.30. The van der Waals surface area contributed by atoms with Gasteiger partial charge in [0, 0.05) is 23.8 Å². The van der Waals surface area contributed by atoms with Crippen LogP contribution in [0.15, 0.2) is 55.4 Å². The highest BCUT2D eigenvalue weighted by atomic mass is 35.5. The van der Waals surface area contributed by atoms with Crippen LogP contribution in [-0.2, 0) is 13.2 Å². The number of H-pyrrole nitrogens is 1. The molecule has 0 saturated heterocycles. The van der Waals surface area contributed by atoms with E-state index in [1.54, 1.807) is 34.7 Å². The van der Waals surface area contributed by atoms with Gasteiger partial charge in [0.25, 0.3) is 0 Å². The Morgan fingerprint density at radius 2 is 2.00 bits per heavy atom. The molecular weight excluding hydrogens is 563 g/mol. The standard InChI is InChI=1S/C26H23ClF3N9O2/c1-36-25(31-14-33-36)16-10-32-37(11-16)21(7-15-3-4-15)22-9-23(41-2)19(12-39(22)40)18-8-17(27)5-6-20(18)38-13-24(34-35-38)26(28,29)30/h5-6,8-15,21H,3-4,7H2,1-2H3/p+1/t21-/m0/s1. The third-order valence-corrected chi connectivity index (χ3v) is 7.31. The minimum Gasteiger partial charge on any atom is -0.618 e. The van der Waals surface area contributed by atoms with Gasteiger partial charge < -0.3 is 9.94 Å². The maximum atomic E-state index is 13.6. The Bertz CT molecular complexity index is 1730. The summed E-state index contributed by atoms with van der Waals surface area (Å²) in [6.07, 6.45) is 5.33. The van der Waals surface area contributed by atoms with Crippen LogP contribution < -0.4 is 14.1 Å². The van der Waals surface area contributed by atoms with E-state index in [-0.39, 0.29) is 0 Å². The Balaban J connectivity index is 1.44. The maximum Gasteiger partial charge on any atom is 0.464 e. The number of ether oxygens (including phenoxy) is 1. The lowest BCUT2D eigenvalue weighted by Crippen LogP contribution is -2.36. The number of hydrogen-bond donors (Lipinski definition) is 1. The predicted octanol–water partition coefficient (Wildman–Crippen LogP) is 4.05.